The normalized spacial score (nSPS) is 34.2. The highest BCUT2D eigenvalue weighted by Gasteiger charge is 2.33. The van der Waals surface area contributed by atoms with E-state index in [-0.39, 0.29) is 0 Å². The maximum atomic E-state index is 9.79. The van der Waals surface area contributed by atoms with E-state index in [1.54, 1.807) is 0 Å². The average molecular weight is 160 g/mol. The molecule has 1 saturated heterocycles. The summed E-state index contributed by atoms with van der Waals surface area (Å²) in [4.78, 5) is 9.79. The van der Waals surface area contributed by atoms with Gasteiger partial charge < -0.3 is 9.22 Å². The summed E-state index contributed by atoms with van der Waals surface area (Å²) >= 11 is 0. The SMILES string of the molecule is CCC[Si]1(O)CCCCO1. The molecule has 0 aromatic heterocycles. The second-order valence-electron chi connectivity index (χ2n) is 3.00. The van der Waals surface area contributed by atoms with Gasteiger partial charge in [0.15, 0.2) is 0 Å². The highest BCUT2D eigenvalue weighted by molar-refractivity contribution is 6.66. The van der Waals surface area contributed by atoms with Gasteiger partial charge in [-0.25, -0.2) is 0 Å². The Morgan fingerprint density at radius 3 is 2.80 bits per heavy atom. The van der Waals surface area contributed by atoms with Gasteiger partial charge >= 0.3 is 8.56 Å². The lowest BCUT2D eigenvalue weighted by Gasteiger charge is -2.28. The van der Waals surface area contributed by atoms with Gasteiger partial charge in [-0.05, 0) is 24.9 Å². The molecule has 0 aromatic carbocycles. The second kappa shape index (κ2) is 3.51. The van der Waals surface area contributed by atoms with Gasteiger partial charge in [0, 0.05) is 6.61 Å². The zero-order chi connectivity index (χ0) is 7.45. The number of hydrogen-bond donors (Lipinski definition) is 1. The highest BCUT2D eigenvalue weighted by Crippen LogP contribution is 2.23. The van der Waals surface area contributed by atoms with Crippen LogP contribution in [-0.2, 0) is 4.43 Å². The van der Waals surface area contributed by atoms with E-state index in [9.17, 15) is 4.80 Å². The van der Waals surface area contributed by atoms with Crippen LogP contribution in [0, 0.1) is 0 Å². The molecule has 1 heterocycles. The number of hydrogen-bond acceptors (Lipinski definition) is 2. The fourth-order valence-electron chi connectivity index (χ4n) is 1.43. The van der Waals surface area contributed by atoms with Crippen molar-refractivity contribution in [3.05, 3.63) is 0 Å². The standard InChI is InChI=1S/C7H16O2Si/c1-2-6-10(8)7-4-3-5-9-10/h8H,2-7H2,1H3. The van der Waals surface area contributed by atoms with Crippen LogP contribution in [-0.4, -0.2) is 20.0 Å². The fraction of sp³-hybridized carbons (Fsp3) is 1.00. The molecule has 60 valence electrons. The lowest BCUT2D eigenvalue weighted by molar-refractivity contribution is 0.200. The molecule has 0 aromatic rings. The van der Waals surface area contributed by atoms with E-state index in [1.165, 1.54) is 6.42 Å². The van der Waals surface area contributed by atoms with E-state index >= 15 is 0 Å². The molecule has 0 radical (unpaired) electrons. The van der Waals surface area contributed by atoms with Crippen molar-refractivity contribution in [1.29, 1.82) is 0 Å². The predicted octanol–water partition coefficient (Wildman–Crippen LogP) is 1.64. The third-order valence-electron chi connectivity index (χ3n) is 1.97. The van der Waals surface area contributed by atoms with E-state index in [2.05, 4.69) is 6.92 Å². The minimum atomic E-state index is -2.14. The molecule has 1 aliphatic rings. The highest BCUT2D eigenvalue weighted by atomic mass is 28.4. The van der Waals surface area contributed by atoms with Gasteiger partial charge in [-0.2, -0.15) is 0 Å². The van der Waals surface area contributed by atoms with Crippen LogP contribution in [0.15, 0.2) is 0 Å². The third-order valence-corrected chi connectivity index (χ3v) is 5.13. The third kappa shape index (κ3) is 2.07. The van der Waals surface area contributed by atoms with Gasteiger partial charge in [-0.3, -0.25) is 0 Å². The minimum absolute atomic E-state index is 0.794. The van der Waals surface area contributed by atoms with Crippen LogP contribution >= 0.6 is 0 Å². The molecule has 0 aliphatic carbocycles. The van der Waals surface area contributed by atoms with Crippen LogP contribution in [0.1, 0.15) is 26.2 Å². The molecule has 3 heteroatoms. The molecule has 0 spiro atoms. The zero-order valence-corrected chi connectivity index (χ0v) is 7.60. The predicted molar refractivity (Wildman–Crippen MR) is 43.1 cm³/mol. The fourth-order valence-corrected chi connectivity index (χ4v) is 4.07. The van der Waals surface area contributed by atoms with Crippen LogP contribution in [0.3, 0.4) is 0 Å². The lowest BCUT2D eigenvalue weighted by atomic mass is 10.4. The summed E-state index contributed by atoms with van der Waals surface area (Å²) in [5.74, 6) is 0. The van der Waals surface area contributed by atoms with Gasteiger partial charge in [-0.15, -0.1) is 0 Å². The van der Waals surface area contributed by atoms with Crippen LogP contribution in [0.5, 0.6) is 0 Å². The van der Waals surface area contributed by atoms with E-state index in [1.807, 2.05) is 0 Å². The van der Waals surface area contributed by atoms with E-state index in [0.29, 0.717) is 0 Å². The van der Waals surface area contributed by atoms with Crippen LogP contribution < -0.4 is 0 Å². The Morgan fingerprint density at radius 2 is 2.30 bits per heavy atom. The van der Waals surface area contributed by atoms with Crippen molar-refractivity contribution in [3.8, 4) is 0 Å². The molecular weight excluding hydrogens is 144 g/mol. The van der Waals surface area contributed by atoms with Gasteiger partial charge in [0.25, 0.3) is 0 Å². The maximum Gasteiger partial charge on any atom is 0.335 e. The Hall–Kier alpha value is 0.137. The van der Waals surface area contributed by atoms with Gasteiger partial charge in [0.05, 0.1) is 0 Å². The van der Waals surface area contributed by atoms with Crippen molar-refractivity contribution < 1.29 is 9.22 Å². The van der Waals surface area contributed by atoms with Crippen molar-refractivity contribution in [1.82, 2.24) is 0 Å². The van der Waals surface area contributed by atoms with Gasteiger partial charge in [0.2, 0.25) is 0 Å². The van der Waals surface area contributed by atoms with Crippen molar-refractivity contribution >= 4 is 8.56 Å². The first-order valence-corrected chi connectivity index (χ1v) is 6.40. The molecule has 2 nitrogen and oxygen atoms in total. The summed E-state index contributed by atoms with van der Waals surface area (Å²) in [6.45, 7) is 2.89. The summed E-state index contributed by atoms with van der Waals surface area (Å²) in [6, 6.07) is 1.88. The van der Waals surface area contributed by atoms with Gasteiger partial charge in [0.1, 0.15) is 0 Å². The molecule has 1 N–H and O–H groups in total. The molecule has 1 rings (SSSR count). The molecule has 0 amide bonds. The van der Waals surface area contributed by atoms with Gasteiger partial charge in [-0.1, -0.05) is 13.3 Å². The van der Waals surface area contributed by atoms with Crippen LogP contribution in [0.4, 0.5) is 0 Å². The van der Waals surface area contributed by atoms with Crippen molar-refractivity contribution in [3.63, 3.8) is 0 Å². The maximum absolute atomic E-state index is 9.79. The Kier molecular flexibility index (Phi) is 2.89. The Labute approximate surface area is 63.5 Å². The first-order chi connectivity index (χ1) is 4.77. The Balaban J connectivity index is 2.32. The first kappa shape index (κ1) is 8.24. The smallest absolute Gasteiger partial charge is 0.335 e. The molecule has 0 saturated carbocycles. The largest absolute Gasteiger partial charge is 0.411 e. The second-order valence-corrected chi connectivity index (χ2v) is 6.18. The Bertz CT molecular complexity index is 94.3. The zero-order valence-electron chi connectivity index (χ0n) is 6.60. The molecule has 1 fully saturated rings. The Morgan fingerprint density at radius 1 is 1.50 bits per heavy atom. The van der Waals surface area contributed by atoms with Crippen molar-refractivity contribution in [2.75, 3.05) is 6.61 Å². The molecule has 1 atom stereocenters. The van der Waals surface area contributed by atoms with Crippen LogP contribution in [0.25, 0.3) is 0 Å². The van der Waals surface area contributed by atoms with E-state index < -0.39 is 8.56 Å². The molecule has 0 bridgehead atoms. The quantitative estimate of drug-likeness (QED) is 0.622. The van der Waals surface area contributed by atoms with Crippen molar-refractivity contribution in [2.45, 2.75) is 38.3 Å². The van der Waals surface area contributed by atoms with Crippen LogP contribution in [0.2, 0.25) is 12.1 Å². The lowest BCUT2D eigenvalue weighted by Crippen LogP contribution is -2.41. The molecule has 1 aliphatic heterocycles. The topological polar surface area (TPSA) is 29.5 Å². The summed E-state index contributed by atoms with van der Waals surface area (Å²) < 4.78 is 5.40. The van der Waals surface area contributed by atoms with E-state index in [0.717, 1.165) is 31.5 Å². The average Bonchev–Trinajstić information content (AvgIpc) is 1.89. The summed E-state index contributed by atoms with van der Waals surface area (Å²) in [5.41, 5.74) is 0. The summed E-state index contributed by atoms with van der Waals surface area (Å²) in [6.07, 6.45) is 3.37. The number of rotatable bonds is 2. The van der Waals surface area contributed by atoms with Crippen molar-refractivity contribution in [2.24, 2.45) is 0 Å². The first-order valence-electron chi connectivity index (χ1n) is 4.13. The summed E-state index contributed by atoms with van der Waals surface area (Å²) in [5, 5.41) is 0. The minimum Gasteiger partial charge on any atom is -0.411 e. The van der Waals surface area contributed by atoms with E-state index in [4.69, 9.17) is 4.43 Å². The molecule has 10 heavy (non-hydrogen) atoms. The molecule has 1 unspecified atom stereocenters. The molecular formula is C7H16O2Si. The monoisotopic (exact) mass is 160 g/mol. The summed E-state index contributed by atoms with van der Waals surface area (Å²) in [7, 11) is -2.14.